The van der Waals surface area contributed by atoms with Crippen molar-refractivity contribution in [1.29, 1.82) is 0 Å². The van der Waals surface area contributed by atoms with Crippen molar-refractivity contribution in [2.75, 3.05) is 19.7 Å². The van der Waals surface area contributed by atoms with Gasteiger partial charge >= 0.3 is 0 Å². The summed E-state index contributed by atoms with van der Waals surface area (Å²) in [6.45, 7) is 3.02. The molecule has 3 heterocycles. The number of aryl methyl sites for hydroxylation is 1. The van der Waals surface area contributed by atoms with E-state index >= 15 is 0 Å². The minimum absolute atomic E-state index is 0.0781. The van der Waals surface area contributed by atoms with Crippen molar-refractivity contribution in [3.8, 4) is 0 Å². The molecule has 1 fully saturated rings. The molecule has 0 aromatic carbocycles. The molecule has 0 unspecified atom stereocenters. The van der Waals surface area contributed by atoms with Crippen LogP contribution in [0.3, 0.4) is 0 Å². The van der Waals surface area contributed by atoms with Crippen LogP contribution in [-0.2, 0) is 4.74 Å². The maximum Gasteiger partial charge on any atom is 0.254 e. The lowest BCUT2D eigenvalue weighted by Crippen LogP contribution is -2.43. The number of aromatic nitrogens is 3. The molecular formula is C15H16N4O3. The normalized spacial score (nSPS) is 18.2. The quantitative estimate of drug-likeness (QED) is 0.881. The molecule has 3 rings (SSSR count). The molecule has 1 aliphatic rings. The van der Waals surface area contributed by atoms with Gasteiger partial charge < -0.3 is 14.6 Å². The van der Waals surface area contributed by atoms with Gasteiger partial charge in [0, 0.05) is 36.3 Å². The molecule has 114 valence electrons. The summed E-state index contributed by atoms with van der Waals surface area (Å²) >= 11 is 0. The van der Waals surface area contributed by atoms with E-state index in [1.165, 1.54) is 6.07 Å². The molecule has 1 saturated heterocycles. The van der Waals surface area contributed by atoms with E-state index in [2.05, 4.69) is 15.0 Å². The van der Waals surface area contributed by atoms with Crippen LogP contribution in [0.15, 0.2) is 35.4 Å². The molecule has 2 aromatic heterocycles. The van der Waals surface area contributed by atoms with Gasteiger partial charge in [0.1, 0.15) is 11.9 Å². The Labute approximate surface area is 127 Å². The molecule has 22 heavy (non-hydrogen) atoms. The minimum Gasteiger partial charge on any atom is -0.367 e. The Hall–Kier alpha value is -2.54. The zero-order chi connectivity index (χ0) is 15.5. The van der Waals surface area contributed by atoms with Gasteiger partial charge in [-0.3, -0.25) is 14.6 Å². The van der Waals surface area contributed by atoms with E-state index in [4.69, 9.17) is 4.74 Å². The topological polar surface area (TPSA) is 88.2 Å². The van der Waals surface area contributed by atoms with Gasteiger partial charge in [0.2, 0.25) is 0 Å². The molecule has 0 bridgehead atoms. The summed E-state index contributed by atoms with van der Waals surface area (Å²) in [5, 5.41) is 0. The van der Waals surface area contributed by atoms with Crippen LogP contribution in [-0.4, -0.2) is 45.5 Å². The number of amides is 1. The zero-order valence-electron chi connectivity index (χ0n) is 12.2. The molecule has 0 spiro atoms. The number of carbonyl (C=O) groups excluding carboxylic acids is 1. The van der Waals surface area contributed by atoms with Gasteiger partial charge in [0.15, 0.2) is 0 Å². The van der Waals surface area contributed by atoms with Crippen LogP contribution in [0.5, 0.6) is 0 Å². The van der Waals surface area contributed by atoms with E-state index in [0.717, 1.165) is 0 Å². The fourth-order valence-electron chi connectivity index (χ4n) is 2.43. The molecule has 7 heteroatoms. The molecule has 0 saturated carbocycles. The van der Waals surface area contributed by atoms with Gasteiger partial charge in [-0.15, -0.1) is 0 Å². The third-order valence-electron chi connectivity index (χ3n) is 3.47. The van der Waals surface area contributed by atoms with Crippen LogP contribution in [0.4, 0.5) is 0 Å². The van der Waals surface area contributed by atoms with Crippen molar-refractivity contribution < 1.29 is 9.53 Å². The Bertz CT molecular complexity index is 729. The molecule has 1 aliphatic heterocycles. The van der Waals surface area contributed by atoms with E-state index in [1.807, 2.05) is 0 Å². The molecule has 0 aliphatic carbocycles. The number of nitrogens with zero attached hydrogens (tertiary/aromatic N) is 3. The Kier molecular flexibility index (Phi) is 3.97. The number of hydrogen-bond acceptors (Lipinski definition) is 5. The molecule has 7 nitrogen and oxygen atoms in total. The fourth-order valence-corrected chi connectivity index (χ4v) is 2.43. The van der Waals surface area contributed by atoms with Crippen molar-refractivity contribution in [2.45, 2.75) is 13.0 Å². The highest BCUT2D eigenvalue weighted by Crippen LogP contribution is 2.20. The molecule has 1 amide bonds. The number of morpholine rings is 1. The standard InChI is InChI=1S/C15H16N4O3/c1-10-8-13(20)18-14(17-10)12-9-19(6-7-22-12)15(21)11-2-4-16-5-3-11/h2-5,8,12H,6-7,9H2,1H3,(H,17,18,20)/t12-/m1/s1. The second kappa shape index (κ2) is 6.07. The number of carbonyl (C=O) groups is 1. The lowest BCUT2D eigenvalue weighted by atomic mass is 10.2. The Morgan fingerprint density at radius 3 is 2.91 bits per heavy atom. The molecule has 2 aromatic rings. The first-order chi connectivity index (χ1) is 10.6. The summed E-state index contributed by atoms with van der Waals surface area (Å²) in [6, 6.07) is 4.78. The van der Waals surface area contributed by atoms with E-state index in [9.17, 15) is 9.59 Å². The van der Waals surface area contributed by atoms with Gasteiger partial charge in [0.05, 0.1) is 13.2 Å². The number of nitrogens with one attached hydrogen (secondary N) is 1. The second-order valence-electron chi connectivity index (χ2n) is 5.12. The summed E-state index contributed by atoms with van der Waals surface area (Å²) < 4.78 is 5.65. The van der Waals surface area contributed by atoms with Gasteiger partial charge in [-0.25, -0.2) is 4.98 Å². The first-order valence-electron chi connectivity index (χ1n) is 7.02. The molecule has 0 radical (unpaired) electrons. The lowest BCUT2D eigenvalue weighted by Gasteiger charge is -2.32. The maximum atomic E-state index is 12.5. The molecular weight excluding hydrogens is 284 g/mol. The van der Waals surface area contributed by atoms with Gasteiger partial charge in [-0.05, 0) is 19.1 Å². The summed E-state index contributed by atoms with van der Waals surface area (Å²) in [7, 11) is 0. The lowest BCUT2D eigenvalue weighted by molar-refractivity contribution is -0.0269. The third-order valence-corrected chi connectivity index (χ3v) is 3.47. The Morgan fingerprint density at radius 1 is 1.41 bits per heavy atom. The number of aromatic amines is 1. The molecule has 1 atom stereocenters. The van der Waals surface area contributed by atoms with Gasteiger partial charge in [0.25, 0.3) is 11.5 Å². The number of rotatable bonds is 2. The van der Waals surface area contributed by atoms with E-state index < -0.39 is 6.10 Å². The van der Waals surface area contributed by atoms with Gasteiger partial charge in [-0.2, -0.15) is 0 Å². The largest absolute Gasteiger partial charge is 0.367 e. The predicted octanol–water partition coefficient (Wildman–Crippen LogP) is 0.687. The smallest absolute Gasteiger partial charge is 0.254 e. The van der Waals surface area contributed by atoms with Crippen molar-refractivity contribution in [1.82, 2.24) is 19.9 Å². The van der Waals surface area contributed by atoms with Crippen LogP contribution >= 0.6 is 0 Å². The highest BCUT2D eigenvalue weighted by Gasteiger charge is 2.27. The number of ether oxygens (including phenoxy) is 1. The first kappa shape index (κ1) is 14.4. The van der Waals surface area contributed by atoms with Gasteiger partial charge in [-0.1, -0.05) is 0 Å². The van der Waals surface area contributed by atoms with Crippen LogP contribution in [0.1, 0.15) is 28.0 Å². The Morgan fingerprint density at radius 2 is 2.18 bits per heavy atom. The number of hydrogen-bond donors (Lipinski definition) is 1. The molecule has 1 N–H and O–H groups in total. The highest BCUT2D eigenvalue weighted by molar-refractivity contribution is 5.94. The summed E-state index contributed by atoms with van der Waals surface area (Å²) in [5.74, 6) is 0.378. The van der Waals surface area contributed by atoms with Crippen molar-refractivity contribution in [3.05, 3.63) is 58.0 Å². The minimum atomic E-state index is -0.424. The highest BCUT2D eigenvalue weighted by atomic mass is 16.5. The van der Waals surface area contributed by atoms with Crippen LogP contribution < -0.4 is 5.56 Å². The average molecular weight is 300 g/mol. The second-order valence-corrected chi connectivity index (χ2v) is 5.12. The van der Waals surface area contributed by atoms with Crippen LogP contribution in [0.2, 0.25) is 0 Å². The van der Waals surface area contributed by atoms with E-state index in [0.29, 0.717) is 36.8 Å². The first-order valence-corrected chi connectivity index (χ1v) is 7.02. The maximum absolute atomic E-state index is 12.5. The van der Waals surface area contributed by atoms with E-state index in [-0.39, 0.29) is 11.5 Å². The average Bonchev–Trinajstić information content (AvgIpc) is 2.54. The van der Waals surface area contributed by atoms with E-state index in [1.54, 1.807) is 36.4 Å². The zero-order valence-corrected chi connectivity index (χ0v) is 12.2. The van der Waals surface area contributed by atoms with Crippen molar-refractivity contribution >= 4 is 5.91 Å². The van der Waals surface area contributed by atoms with Crippen molar-refractivity contribution in [2.24, 2.45) is 0 Å². The fraction of sp³-hybridized carbons (Fsp3) is 0.333. The monoisotopic (exact) mass is 300 g/mol. The third kappa shape index (κ3) is 3.04. The number of H-pyrrole nitrogens is 1. The summed E-state index contributed by atoms with van der Waals surface area (Å²) in [6.07, 6.45) is 2.75. The number of pyridine rings is 1. The summed E-state index contributed by atoms with van der Waals surface area (Å²) in [5.41, 5.74) is 0.991. The van der Waals surface area contributed by atoms with Crippen LogP contribution in [0, 0.1) is 6.92 Å². The Balaban J connectivity index is 1.79. The SMILES string of the molecule is Cc1cc(=O)[nH]c([C@H]2CN(C(=O)c3ccncc3)CCO2)n1. The van der Waals surface area contributed by atoms with Crippen molar-refractivity contribution in [3.63, 3.8) is 0 Å². The summed E-state index contributed by atoms with van der Waals surface area (Å²) in [4.78, 5) is 36.6. The van der Waals surface area contributed by atoms with Crippen LogP contribution in [0.25, 0.3) is 0 Å². The predicted molar refractivity (Wildman–Crippen MR) is 78.4 cm³/mol.